The molecule has 1 amide bonds. The Morgan fingerprint density at radius 3 is 2.57 bits per heavy atom. The first-order valence-electron chi connectivity index (χ1n) is 9.34. The van der Waals surface area contributed by atoms with E-state index in [4.69, 9.17) is 4.74 Å². The maximum absolute atomic E-state index is 12.4. The Labute approximate surface area is 172 Å². The Kier molecular flexibility index (Phi) is 5.01. The third-order valence-corrected chi connectivity index (χ3v) is 4.70. The summed E-state index contributed by atoms with van der Waals surface area (Å²) in [5, 5.41) is 15.2. The molecule has 4 rings (SSSR count). The zero-order valence-electron chi connectivity index (χ0n) is 16.8. The van der Waals surface area contributed by atoms with Gasteiger partial charge in [0.2, 0.25) is 0 Å². The number of nitrogens with zero attached hydrogens (tertiary/aromatic N) is 5. The van der Waals surface area contributed by atoms with Crippen molar-refractivity contribution in [2.24, 2.45) is 0 Å². The molecule has 0 aliphatic rings. The third kappa shape index (κ3) is 3.64. The van der Waals surface area contributed by atoms with E-state index in [1.54, 1.807) is 34.3 Å². The van der Waals surface area contributed by atoms with Crippen LogP contribution < -0.4 is 5.32 Å². The average molecular weight is 404 g/mol. The highest BCUT2D eigenvalue weighted by molar-refractivity contribution is 5.96. The van der Waals surface area contributed by atoms with Crippen LogP contribution >= 0.6 is 0 Å². The predicted molar refractivity (Wildman–Crippen MR) is 110 cm³/mol. The summed E-state index contributed by atoms with van der Waals surface area (Å²) in [6.07, 6.45) is 1.59. The number of fused-ring (bicyclic) bond motifs is 1. The van der Waals surface area contributed by atoms with Crippen molar-refractivity contribution in [2.75, 3.05) is 11.9 Å². The number of ether oxygens (including phenoxy) is 1. The zero-order valence-corrected chi connectivity index (χ0v) is 16.8. The average Bonchev–Trinajstić information content (AvgIpc) is 3.26. The molecule has 152 valence electrons. The molecule has 0 aliphatic heterocycles. The minimum Gasteiger partial charge on any atom is -0.452 e. The fourth-order valence-electron chi connectivity index (χ4n) is 3.16. The highest BCUT2D eigenvalue weighted by Crippen LogP contribution is 2.22. The van der Waals surface area contributed by atoms with Gasteiger partial charge >= 0.3 is 5.97 Å². The summed E-state index contributed by atoms with van der Waals surface area (Å²) < 4.78 is 8.61. The fraction of sp³-hybridized carbons (Fsp3) is 0.190. The van der Waals surface area contributed by atoms with Crippen LogP contribution in [0.1, 0.15) is 27.6 Å². The second kappa shape index (κ2) is 7.78. The van der Waals surface area contributed by atoms with Crippen molar-refractivity contribution in [1.29, 1.82) is 0 Å². The molecule has 0 unspecified atom stereocenters. The van der Waals surface area contributed by atoms with Crippen LogP contribution in [0, 0.1) is 20.8 Å². The molecular weight excluding hydrogens is 384 g/mol. The van der Waals surface area contributed by atoms with Gasteiger partial charge in [-0.1, -0.05) is 18.2 Å². The van der Waals surface area contributed by atoms with Gasteiger partial charge in [-0.15, -0.1) is 10.2 Å². The number of aromatic nitrogens is 5. The Morgan fingerprint density at radius 1 is 1.03 bits per heavy atom. The SMILES string of the molecule is Cc1nn(-c2ccccc2)c(C)c1NC(=O)COC(=O)c1ccc2nnc(C)n2c1. The molecule has 0 saturated carbocycles. The normalized spacial score (nSPS) is 10.9. The molecule has 0 spiro atoms. The Morgan fingerprint density at radius 2 is 1.80 bits per heavy atom. The highest BCUT2D eigenvalue weighted by atomic mass is 16.5. The van der Waals surface area contributed by atoms with Crippen molar-refractivity contribution in [3.8, 4) is 5.69 Å². The summed E-state index contributed by atoms with van der Waals surface area (Å²) in [4.78, 5) is 24.7. The van der Waals surface area contributed by atoms with Gasteiger partial charge in [-0.2, -0.15) is 5.10 Å². The van der Waals surface area contributed by atoms with E-state index in [2.05, 4.69) is 20.6 Å². The van der Waals surface area contributed by atoms with Crippen molar-refractivity contribution < 1.29 is 14.3 Å². The van der Waals surface area contributed by atoms with Gasteiger partial charge in [-0.05, 0) is 45.0 Å². The third-order valence-electron chi connectivity index (χ3n) is 4.70. The number of benzene rings is 1. The van der Waals surface area contributed by atoms with Gasteiger partial charge in [0, 0.05) is 6.20 Å². The number of esters is 1. The van der Waals surface area contributed by atoms with Gasteiger partial charge < -0.3 is 10.1 Å². The molecule has 3 aromatic heterocycles. The van der Waals surface area contributed by atoms with E-state index in [0.29, 0.717) is 28.4 Å². The molecule has 0 atom stereocenters. The molecule has 9 heteroatoms. The maximum Gasteiger partial charge on any atom is 0.340 e. The van der Waals surface area contributed by atoms with Crippen LogP contribution in [0.2, 0.25) is 0 Å². The summed E-state index contributed by atoms with van der Waals surface area (Å²) >= 11 is 0. The number of hydrogen-bond acceptors (Lipinski definition) is 6. The monoisotopic (exact) mass is 404 g/mol. The number of aryl methyl sites for hydroxylation is 2. The summed E-state index contributed by atoms with van der Waals surface area (Å²) in [5.41, 5.74) is 3.88. The van der Waals surface area contributed by atoms with Gasteiger partial charge in [-0.25, -0.2) is 9.48 Å². The van der Waals surface area contributed by atoms with Crippen LogP contribution in [-0.2, 0) is 9.53 Å². The fourth-order valence-corrected chi connectivity index (χ4v) is 3.16. The summed E-state index contributed by atoms with van der Waals surface area (Å²) in [7, 11) is 0. The Bertz CT molecular complexity index is 1240. The number of para-hydroxylation sites is 1. The molecular formula is C21H20N6O3. The molecule has 4 aromatic rings. The number of hydrogen-bond donors (Lipinski definition) is 1. The van der Waals surface area contributed by atoms with E-state index in [0.717, 1.165) is 11.4 Å². The number of rotatable bonds is 5. The van der Waals surface area contributed by atoms with Gasteiger partial charge in [0.25, 0.3) is 5.91 Å². The highest BCUT2D eigenvalue weighted by Gasteiger charge is 2.17. The summed E-state index contributed by atoms with van der Waals surface area (Å²) in [6.45, 7) is 5.05. The first-order chi connectivity index (χ1) is 14.4. The predicted octanol–water partition coefficient (Wildman–Crippen LogP) is 2.64. The zero-order chi connectivity index (χ0) is 21.3. The van der Waals surface area contributed by atoms with Crippen molar-refractivity contribution in [3.63, 3.8) is 0 Å². The lowest BCUT2D eigenvalue weighted by Gasteiger charge is -2.08. The van der Waals surface area contributed by atoms with E-state index in [-0.39, 0.29) is 0 Å². The lowest BCUT2D eigenvalue weighted by atomic mass is 10.3. The first kappa shape index (κ1) is 19.3. The minimum atomic E-state index is -0.603. The minimum absolute atomic E-state index is 0.308. The molecule has 30 heavy (non-hydrogen) atoms. The number of amides is 1. The summed E-state index contributed by atoms with van der Waals surface area (Å²) in [5.74, 6) is -0.393. The van der Waals surface area contributed by atoms with Crippen LogP contribution in [0.25, 0.3) is 11.3 Å². The van der Waals surface area contributed by atoms with Crippen LogP contribution in [0.15, 0.2) is 48.7 Å². The molecule has 0 bridgehead atoms. The van der Waals surface area contributed by atoms with E-state index in [1.165, 1.54) is 0 Å². The number of carbonyl (C=O) groups excluding carboxylic acids is 2. The molecule has 0 radical (unpaired) electrons. The lowest BCUT2D eigenvalue weighted by molar-refractivity contribution is -0.119. The number of pyridine rings is 1. The smallest absolute Gasteiger partial charge is 0.340 e. The van der Waals surface area contributed by atoms with E-state index in [9.17, 15) is 9.59 Å². The largest absolute Gasteiger partial charge is 0.452 e. The van der Waals surface area contributed by atoms with Crippen molar-refractivity contribution in [1.82, 2.24) is 24.4 Å². The molecule has 1 aromatic carbocycles. The molecule has 1 N–H and O–H groups in total. The van der Waals surface area contributed by atoms with Gasteiger partial charge in [-0.3, -0.25) is 9.20 Å². The van der Waals surface area contributed by atoms with Crippen molar-refractivity contribution in [2.45, 2.75) is 20.8 Å². The van der Waals surface area contributed by atoms with Crippen molar-refractivity contribution >= 4 is 23.2 Å². The topological polar surface area (TPSA) is 103 Å². The van der Waals surface area contributed by atoms with Crippen LogP contribution in [0.3, 0.4) is 0 Å². The van der Waals surface area contributed by atoms with Crippen LogP contribution in [-0.4, -0.2) is 42.9 Å². The standard InChI is InChI=1S/C21H20N6O3/c1-13-20(14(2)27(25-13)17-7-5-4-6-8-17)22-19(28)12-30-21(29)16-9-10-18-24-23-15(3)26(18)11-16/h4-11H,12H2,1-3H3,(H,22,28). The second-order valence-corrected chi connectivity index (χ2v) is 6.81. The molecule has 0 fully saturated rings. The molecule has 3 heterocycles. The molecule has 9 nitrogen and oxygen atoms in total. The number of anilines is 1. The Balaban J connectivity index is 1.43. The van der Waals surface area contributed by atoms with E-state index >= 15 is 0 Å². The van der Waals surface area contributed by atoms with Crippen LogP contribution in [0.5, 0.6) is 0 Å². The van der Waals surface area contributed by atoms with Crippen molar-refractivity contribution in [3.05, 3.63) is 71.4 Å². The Hall–Kier alpha value is -4.01. The van der Waals surface area contributed by atoms with E-state index < -0.39 is 18.5 Å². The lowest BCUT2D eigenvalue weighted by Crippen LogP contribution is -2.21. The summed E-state index contributed by atoms with van der Waals surface area (Å²) in [6, 6.07) is 12.9. The van der Waals surface area contributed by atoms with Gasteiger partial charge in [0.1, 0.15) is 5.82 Å². The number of nitrogens with one attached hydrogen (secondary N) is 1. The number of carbonyl (C=O) groups is 2. The first-order valence-corrected chi connectivity index (χ1v) is 9.34. The molecule has 0 saturated heterocycles. The second-order valence-electron chi connectivity index (χ2n) is 6.81. The molecule has 0 aliphatic carbocycles. The van der Waals surface area contributed by atoms with Crippen LogP contribution in [0.4, 0.5) is 5.69 Å². The van der Waals surface area contributed by atoms with E-state index in [1.807, 2.05) is 44.2 Å². The van der Waals surface area contributed by atoms with Gasteiger partial charge in [0.15, 0.2) is 12.3 Å². The maximum atomic E-state index is 12.4. The van der Waals surface area contributed by atoms with Gasteiger partial charge in [0.05, 0.1) is 28.3 Å². The quantitative estimate of drug-likeness (QED) is 0.513.